The predicted octanol–water partition coefficient (Wildman–Crippen LogP) is 1.92. The van der Waals surface area contributed by atoms with E-state index in [0.717, 1.165) is 0 Å². The number of hydrogen-bond acceptors (Lipinski definition) is 4. The topological polar surface area (TPSA) is 47.9 Å². The number of hydrogen-bond donors (Lipinski definition) is 1. The summed E-state index contributed by atoms with van der Waals surface area (Å²) in [4.78, 5) is 0. The Morgan fingerprint density at radius 3 is 2.56 bits per heavy atom. The first kappa shape index (κ1) is 14.9. The number of aliphatic hydroxyl groups excluding tert-OH is 1. The molecular formula is C13H19FO4. The normalized spacial score (nSPS) is 12.4. The molecule has 0 radical (unpaired) electrons. The van der Waals surface area contributed by atoms with E-state index in [1.807, 2.05) is 0 Å². The van der Waals surface area contributed by atoms with Crippen molar-refractivity contribution in [3.05, 3.63) is 29.6 Å². The van der Waals surface area contributed by atoms with Crippen molar-refractivity contribution in [2.75, 3.05) is 33.5 Å². The lowest BCUT2D eigenvalue weighted by Gasteiger charge is -2.10. The molecule has 102 valence electrons. The minimum atomic E-state index is -0.689. The molecule has 0 heterocycles. The van der Waals surface area contributed by atoms with E-state index in [1.54, 1.807) is 20.1 Å². The number of rotatable bonds is 8. The van der Waals surface area contributed by atoms with E-state index in [2.05, 4.69) is 0 Å². The second kappa shape index (κ2) is 8.02. The molecule has 0 bridgehead atoms. The molecule has 0 aliphatic heterocycles. The summed E-state index contributed by atoms with van der Waals surface area (Å²) in [6, 6.07) is 4.41. The number of halogens is 1. The standard InChI is InChI=1S/C13H19FO4/c1-10(15)11-3-4-13(12(14)9-11)18-8-7-17-6-5-16-2/h3-4,9-10,15H,5-8H2,1-2H3/t10-/m1/s1. The molecule has 18 heavy (non-hydrogen) atoms. The zero-order valence-electron chi connectivity index (χ0n) is 10.7. The van der Waals surface area contributed by atoms with Gasteiger partial charge in [-0.2, -0.15) is 0 Å². The predicted molar refractivity (Wildman–Crippen MR) is 65.2 cm³/mol. The zero-order valence-corrected chi connectivity index (χ0v) is 10.7. The minimum absolute atomic E-state index is 0.162. The number of aliphatic hydroxyl groups is 1. The maximum absolute atomic E-state index is 13.5. The van der Waals surface area contributed by atoms with Crippen LogP contribution in [0.3, 0.4) is 0 Å². The van der Waals surface area contributed by atoms with Gasteiger partial charge in [0.15, 0.2) is 11.6 Å². The molecule has 0 spiro atoms. The molecule has 0 unspecified atom stereocenters. The Hall–Kier alpha value is -1.17. The third kappa shape index (κ3) is 5.00. The van der Waals surface area contributed by atoms with Crippen molar-refractivity contribution in [2.24, 2.45) is 0 Å². The Morgan fingerprint density at radius 2 is 1.94 bits per heavy atom. The van der Waals surface area contributed by atoms with Gasteiger partial charge in [-0.25, -0.2) is 4.39 Å². The molecule has 0 aromatic heterocycles. The van der Waals surface area contributed by atoms with Gasteiger partial charge in [0, 0.05) is 7.11 Å². The summed E-state index contributed by atoms with van der Waals surface area (Å²) in [5.41, 5.74) is 0.524. The average Bonchev–Trinajstić information content (AvgIpc) is 2.35. The van der Waals surface area contributed by atoms with Crippen LogP contribution in [0, 0.1) is 5.82 Å². The van der Waals surface area contributed by atoms with Crippen molar-refractivity contribution in [2.45, 2.75) is 13.0 Å². The Labute approximate surface area is 106 Å². The quantitative estimate of drug-likeness (QED) is 0.724. The van der Waals surface area contributed by atoms with Crippen LogP contribution >= 0.6 is 0 Å². The van der Waals surface area contributed by atoms with Gasteiger partial charge < -0.3 is 19.3 Å². The van der Waals surface area contributed by atoms with Crippen molar-refractivity contribution in [1.29, 1.82) is 0 Å². The van der Waals surface area contributed by atoms with E-state index >= 15 is 0 Å². The summed E-state index contributed by atoms with van der Waals surface area (Å²) in [6.45, 7) is 3.25. The fourth-order valence-electron chi connectivity index (χ4n) is 1.35. The van der Waals surface area contributed by atoms with Crippen molar-refractivity contribution in [3.8, 4) is 5.75 Å². The van der Waals surface area contributed by atoms with Crippen molar-refractivity contribution in [1.82, 2.24) is 0 Å². The van der Waals surface area contributed by atoms with Crippen LogP contribution < -0.4 is 4.74 Å². The van der Waals surface area contributed by atoms with Gasteiger partial charge in [0.2, 0.25) is 0 Å². The minimum Gasteiger partial charge on any atom is -0.488 e. The highest BCUT2D eigenvalue weighted by molar-refractivity contribution is 5.30. The highest BCUT2D eigenvalue weighted by Gasteiger charge is 2.07. The highest BCUT2D eigenvalue weighted by Crippen LogP contribution is 2.21. The first-order valence-corrected chi connectivity index (χ1v) is 5.82. The van der Waals surface area contributed by atoms with Crippen molar-refractivity contribution >= 4 is 0 Å². The molecule has 4 nitrogen and oxygen atoms in total. The van der Waals surface area contributed by atoms with E-state index in [1.165, 1.54) is 12.1 Å². The second-order valence-electron chi connectivity index (χ2n) is 3.82. The van der Waals surface area contributed by atoms with Gasteiger partial charge in [0.05, 0.1) is 25.9 Å². The summed E-state index contributed by atoms with van der Waals surface area (Å²) in [5.74, 6) is -0.319. The largest absolute Gasteiger partial charge is 0.488 e. The molecule has 0 amide bonds. The smallest absolute Gasteiger partial charge is 0.165 e. The summed E-state index contributed by atoms with van der Waals surface area (Å²) >= 11 is 0. The zero-order chi connectivity index (χ0) is 13.4. The van der Waals surface area contributed by atoms with Crippen LogP contribution in [0.5, 0.6) is 5.75 Å². The Bertz CT molecular complexity index is 355. The lowest BCUT2D eigenvalue weighted by molar-refractivity contribution is 0.0538. The van der Waals surface area contributed by atoms with Gasteiger partial charge in [-0.3, -0.25) is 0 Å². The third-order valence-electron chi connectivity index (χ3n) is 2.36. The number of methoxy groups -OCH3 is 1. The van der Waals surface area contributed by atoms with E-state index in [4.69, 9.17) is 14.2 Å². The van der Waals surface area contributed by atoms with Crippen LogP contribution in [0.25, 0.3) is 0 Å². The van der Waals surface area contributed by atoms with Crippen LogP contribution in [-0.2, 0) is 9.47 Å². The molecule has 1 aromatic carbocycles. The Morgan fingerprint density at radius 1 is 1.22 bits per heavy atom. The van der Waals surface area contributed by atoms with Crippen molar-refractivity contribution in [3.63, 3.8) is 0 Å². The summed E-state index contributed by atoms with van der Waals surface area (Å²) in [7, 11) is 1.60. The van der Waals surface area contributed by atoms with Gasteiger partial charge in [-0.15, -0.1) is 0 Å². The summed E-state index contributed by atoms with van der Waals surface area (Å²) < 4.78 is 28.8. The van der Waals surface area contributed by atoms with Gasteiger partial charge >= 0.3 is 0 Å². The fraction of sp³-hybridized carbons (Fsp3) is 0.538. The fourth-order valence-corrected chi connectivity index (χ4v) is 1.35. The van der Waals surface area contributed by atoms with Gasteiger partial charge in [-0.05, 0) is 24.6 Å². The van der Waals surface area contributed by atoms with E-state index < -0.39 is 11.9 Å². The first-order chi connectivity index (χ1) is 8.65. The van der Waals surface area contributed by atoms with Crippen LogP contribution in [0.4, 0.5) is 4.39 Å². The van der Waals surface area contributed by atoms with Gasteiger partial charge in [0.1, 0.15) is 6.61 Å². The summed E-state index contributed by atoms with van der Waals surface area (Å²) in [5, 5.41) is 9.30. The van der Waals surface area contributed by atoms with Gasteiger partial charge in [-0.1, -0.05) is 6.07 Å². The van der Waals surface area contributed by atoms with Crippen LogP contribution in [-0.4, -0.2) is 38.6 Å². The molecular weight excluding hydrogens is 239 g/mol. The summed E-state index contributed by atoms with van der Waals surface area (Å²) in [6.07, 6.45) is -0.689. The lowest BCUT2D eigenvalue weighted by Crippen LogP contribution is -2.10. The molecule has 1 rings (SSSR count). The maximum atomic E-state index is 13.5. The van der Waals surface area contributed by atoms with Crippen LogP contribution in [0.15, 0.2) is 18.2 Å². The van der Waals surface area contributed by atoms with Gasteiger partial charge in [0.25, 0.3) is 0 Å². The molecule has 0 fully saturated rings. The van der Waals surface area contributed by atoms with Crippen molar-refractivity contribution < 1.29 is 23.7 Å². The molecule has 0 aliphatic carbocycles. The van der Waals surface area contributed by atoms with Crippen LogP contribution in [0.2, 0.25) is 0 Å². The molecule has 1 N–H and O–H groups in total. The van der Waals surface area contributed by atoms with E-state index in [0.29, 0.717) is 25.4 Å². The first-order valence-electron chi connectivity index (χ1n) is 5.82. The number of benzene rings is 1. The SMILES string of the molecule is COCCOCCOc1ccc([C@@H](C)O)cc1F. The molecule has 1 aromatic rings. The lowest BCUT2D eigenvalue weighted by atomic mass is 10.1. The molecule has 0 saturated heterocycles. The Balaban J connectivity index is 2.34. The maximum Gasteiger partial charge on any atom is 0.165 e. The highest BCUT2D eigenvalue weighted by atomic mass is 19.1. The molecule has 1 atom stereocenters. The second-order valence-corrected chi connectivity index (χ2v) is 3.82. The third-order valence-corrected chi connectivity index (χ3v) is 2.36. The molecule has 0 saturated carbocycles. The monoisotopic (exact) mass is 258 g/mol. The molecule has 0 aliphatic rings. The average molecular weight is 258 g/mol. The number of ether oxygens (including phenoxy) is 3. The van der Waals surface area contributed by atoms with E-state index in [9.17, 15) is 9.50 Å². The van der Waals surface area contributed by atoms with E-state index in [-0.39, 0.29) is 12.4 Å². The Kier molecular flexibility index (Phi) is 6.64. The molecule has 5 heteroatoms. The van der Waals surface area contributed by atoms with Crippen LogP contribution in [0.1, 0.15) is 18.6 Å².